The second-order valence-corrected chi connectivity index (χ2v) is 4.47. The molecule has 1 aromatic carbocycles. The van der Waals surface area contributed by atoms with E-state index >= 15 is 0 Å². The van der Waals surface area contributed by atoms with Gasteiger partial charge in [0.05, 0.1) is 11.2 Å². The molecule has 0 amide bonds. The fourth-order valence-electron chi connectivity index (χ4n) is 2.19. The summed E-state index contributed by atoms with van der Waals surface area (Å²) in [6, 6.07) is 8.90. The summed E-state index contributed by atoms with van der Waals surface area (Å²) in [6.07, 6.45) is 0. The van der Waals surface area contributed by atoms with Gasteiger partial charge < -0.3 is 5.11 Å². The summed E-state index contributed by atoms with van der Waals surface area (Å²) in [4.78, 5) is 19.6. The summed E-state index contributed by atoms with van der Waals surface area (Å²) in [7, 11) is 0. The third kappa shape index (κ3) is 1.91. The van der Waals surface area contributed by atoms with Gasteiger partial charge in [0.2, 0.25) is 0 Å². The summed E-state index contributed by atoms with van der Waals surface area (Å²) >= 11 is 0. The van der Waals surface area contributed by atoms with Gasteiger partial charge in [0, 0.05) is 5.39 Å². The van der Waals surface area contributed by atoms with Crippen molar-refractivity contribution in [3.05, 3.63) is 47.7 Å². The highest BCUT2D eigenvalue weighted by Crippen LogP contribution is 2.22. The van der Waals surface area contributed by atoms with Crippen LogP contribution < -0.4 is 0 Å². The van der Waals surface area contributed by atoms with E-state index in [1.54, 1.807) is 17.7 Å². The number of carboxylic acid groups (broad SMARTS) is 1. The fraction of sp³-hybridized carbons (Fsp3) is 0.143. The largest absolute Gasteiger partial charge is 0.477 e. The van der Waals surface area contributed by atoms with E-state index in [4.69, 9.17) is 0 Å². The van der Waals surface area contributed by atoms with E-state index in [1.807, 2.05) is 25.1 Å². The van der Waals surface area contributed by atoms with Crippen LogP contribution in [0.4, 0.5) is 0 Å². The number of hydrogen-bond donors (Lipinski definition) is 1. The van der Waals surface area contributed by atoms with E-state index in [9.17, 15) is 9.90 Å². The van der Waals surface area contributed by atoms with Crippen LogP contribution in [0.25, 0.3) is 16.6 Å². The van der Waals surface area contributed by atoms with Crippen LogP contribution in [0.1, 0.15) is 22.1 Å². The lowest BCUT2D eigenvalue weighted by Gasteiger charge is -2.08. The highest BCUT2D eigenvalue weighted by Gasteiger charge is 2.14. The third-order valence-corrected chi connectivity index (χ3v) is 3.02. The highest BCUT2D eigenvalue weighted by molar-refractivity contribution is 5.94. The molecule has 0 saturated heterocycles. The van der Waals surface area contributed by atoms with E-state index in [1.165, 1.54) is 6.07 Å². The van der Waals surface area contributed by atoms with Crippen molar-refractivity contribution in [1.82, 2.24) is 19.7 Å². The number of carboxylic acids is 1. The van der Waals surface area contributed by atoms with Gasteiger partial charge in [-0.15, -0.1) is 0 Å². The van der Waals surface area contributed by atoms with Gasteiger partial charge in [-0.25, -0.2) is 19.4 Å². The molecule has 0 radical (unpaired) electrons. The number of para-hydroxylation sites is 1. The Morgan fingerprint density at radius 3 is 2.60 bits per heavy atom. The van der Waals surface area contributed by atoms with E-state index in [2.05, 4.69) is 15.1 Å². The molecule has 6 heteroatoms. The number of carbonyl (C=O) groups is 1. The number of rotatable bonds is 2. The second kappa shape index (κ2) is 4.41. The average Bonchev–Trinajstić information content (AvgIpc) is 2.76. The maximum Gasteiger partial charge on any atom is 0.354 e. The van der Waals surface area contributed by atoms with Crippen LogP contribution in [0.3, 0.4) is 0 Å². The van der Waals surface area contributed by atoms with Gasteiger partial charge in [0.1, 0.15) is 11.6 Å². The molecule has 0 unspecified atom stereocenters. The zero-order chi connectivity index (χ0) is 14.3. The molecule has 0 atom stereocenters. The molecule has 0 aliphatic rings. The second-order valence-electron chi connectivity index (χ2n) is 4.47. The molecule has 3 rings (SSSR count). The molecule has 0 fully saturated rings. The van der Waals surface area contributed by atoms with Crippen molar-refractivity contribution in [3.63, 3.8) is 0 Å². The molecule has 2 aromatic heterocycles. The van der Waals surface area contributed by atoms with Gasteiger partial charge in [-0.2, -0.15) is 5.10 Å². The minimum atomic E-state index is -1.06. The topological polar surface area (TPSA) is 80.9 Å². The van der Waals surface area contributed by atoms with Crippen molar-refractivity contribution in [3.8, 4) is 5.69 Å². The number of nitrogens with zero attached hydrogens (tertiary/aromatic N) is 4. The summed E-state index contributed by atoms with van der Waals surface area (Å²) < 4.78 is 1.64. The smallest absolute Gasteiger partial charge is 0.354 e. The molecule has 3 aromatic rings. The molecule has 0 aliphatic carbocycles. The van der Waals surface area contributed by atoms with Crippen LogP contribution in [0.2, 0.25) is 0 Å². The van der Waals surface area contributed by atoms with Crippen LogP contribution in [-0.2, 0) is 0 Å². The normalized spacial score (nSPS) is 10.9. The molecule has 100 valence electrons. The summed E-state index contributed by atoms with van der Waals surface area (Å²) in [5.41, 5.74) is 1.28. The number of aryl methyl sites for hydroxylation is 2. The highest BCUT2D eigenvalue weighted by atomic mass is 16.4. The molecule has 20 heavy (non-hydrogen) atoms. The molecule has 2 heterocycles. The SMILES string of the molecule is Cc1nc(C)n(-c2cc(C(=O)O)nc3ccccc23)n1. The number of aromatic carboxylic acids is 1. The Balaban J connectivity index is 2.38. The van der Waals surface area contributed by atoms with Gasteiger partial charge >= 0.3 is 5.97 Å². The molecule has 1 N–H and O–H groups in total. The average molecular weight is 268 g/mol. The van der Waals surface area contributed by atoms with Crippen molar-refractivity contribution in [2.24, 2.45) is 0 Å². The van der Waals surface area contributed by atoms with Gasteiger partial charge in [0.15, 0.2) is 5.69 Å². The Hall–Kier alpha value is -2.76. The van der Waals surface area contributed by atoms with Crippen LogP contribution in [0.15, 0.2) is 30.3 Å². The Labute approximate surface area is 114 Å². The molecule has 6 nitrogen and oxygen atoms in total. The number of benzene rings is 1. The Morgan fingerprint density at radius 2 is 1.95 bits per heavy atom. The quantitative estimate of drug-likeness (QED) is 0.770. The first-order chi connectivity index (χ1) is 9.56. The maximum atomic E-state index is 11.2. The van der Waals surface area contributed by atoms with Crippen molar-refractivity contribution < 1.29 is 9.90 Å². The van der Waals surface area contributed by atoms with Gasteiger partial charge in [-0.3, -0.25) is 0 Å². The lowest BCUT2D eigenvalue weighted by molar-refractivity contribution is 0.0691. The van der Waals surface area contributed by atoms with Crippen molar-refractivity contribution in [2.75, 3.05) is 0 Å². The van der Waals surface area contributed by atoms with Crippen molar-refractivity contribution >= 4 is 16.9 Å². The number of pyridine rings is 1. The lowest BCUT2D eigenvalue weighted by atomic mass is 10.1. The predicted octanol–water partition coefficient (Wildman–Crippen LogP) is 2.13. The van der Waals surface area contributed by atoms with Gasteiger partial charge in [-0.1, -0.05) is 18.2 Å². The Morgan fingerprint density at radius 1 is 1.20 bits per heavy atom. The van der Waals surface area contributed by atoms with Gasteiger partial charge in [0.25, 0.3) is 0 Å². The van der Waals surface area contributed by atoms with E-state index < -0.39 is 5.97 Å². The van der Waals surface area contributed by atoms with Crippen LogP contribution in [0, 0.1) is 13.8 Å². The van der Waals surface area contributed by atoms with Crippen LogP contribution in [-0.4, -0.2) is 30.8 Å². The summed E-state index contributed by atoms with van der Waals surface area (Å²) in [5, 5.41) is 14.3. The zero-order valence-electron chi connectivity index (χ0n) is 11.0. The van der Waals surface area contributed by atoms with E-state index in [-0.39, 0.29) is 5.69 Å². The first-order valence-corrected chi connectivity index (χ1v) is 6.10. The van der Waals surface area contributed by atoms with Crippen LogP contribution in [0.5, 0.6) is 0 Å². The first-order valence-electron chi connectivity index (χ1n) is 6.10. The minimum Gasteiger partial charge on any atom is -0.477 e. The molecule has 0 saturated carbocycles. The predicted molar refractivity (Wildman–Crippen MR) is 73.1 cm³/mol. The van der Waals surface area contributed by atoms with E-state index in [0.717, 1.165) is 5.39 Å². The molecular formula is C14H12N4O2. The van der Waals surface area contributed by atoms with E-state index in [0.29, 0.717) is 22.9 Å². The van der Waals surface area contributed by atoms with Crippen molar-refractivity contribution in [2.45, 2.75) is 13.8 Å². The molecule has 0 spiro atoms. The Kier molecular flexibility index (Phi) is 2.71. The lowest BCUT2D eigenvalue weighted by Crippen LogP contribution is -2.06. The summed E-state index contributed by atoms with van der Waals surface area (Å²) in [5.74, 6) is 0.280. The number of fused-ring (bicyclic) bond motifs is 1. The third-order valence-electron chi connectivity index (χ3n) is 3.02. The number of aromatic nitrogens is 4. The molecular weight excluding hydrogens is 256 g/mol. The van der Waals surface area contributed by atoms with Gasteiger partial charge in [-0.05, 0) is 26.0 Å². The first kappa shape index (κ1) is 12.3. The molecule has 0 bridgehead atoms. The monoisotopic (exact) mass is 268 g/mol. The standard InChI is InChI=1S/C14H12N4O2/c1-8-15-9(2)18(17-8)13-7-12(14(19)20)16-11-6-4-3-5-10(11)13/h3-7H,1-2H3,(H,19,20). The minimum absolute atomic E-state index is 0.00810. The number of hydrogen-bond acceptors (Lipinski definition) is 4. The van der Waals surface area contributed by atoms with Crippen molar-refractivity contribution in [1.29, 1.82) is 0 Å². The maximum absolute atomic E-state index is 11.2. The van der Waals surface area contributed by atoms with Crippen LogP contribution >= 0.6 is 0 Å². The zero-order valence-corrected chi connectivity index (χ0v) is 11.0. The molecule has 0 aliphatic heterocycles. The Bertz CT molecular complexity index is 823. The summed E-state index contributed by atoms with van der Waals surface area (Å²) in [6.45, 7) is 3.63. The fourth-order valence-corrected chi connectivity index (χ4v) is 2.19.